The molecule has 0 aliphatic heterocycles. The number of carbonyl (C=O) groups excluding carboxylic acids is 1. The fraction of sp³-hybridized carbons (Fsp3) is 0.111. The number of benzene rings is 2. The molecule has 0 radical (unpaired) electrons. The summed E-state index contributed by atoms with van der Waals surface area (Å²) in [4.78, 5) is 11.7. The predicted molar refractivity (Wildman–Crippen MR) is 90.8 cm³/mol. The van der Waals surface area contributed by atoms with Crippen LogP contribution in [0.25, 0.3) is 6.08 Å². The first-order chi connectivity index (χ1) is 11.2. The minimum Gasteiger partial charge on any atom is -0.497 e. The van der Waals surface area contributed by atoms with Crippen LogP contribution in [-0.2, 0) is 4.79 Å². The van der Waals surface area contributed by atoms with Crippen LogP contribution in [0.1, 0.15) is 11.1 Å². The zero-order valence-corrected chi connectivity index (χ0v) is 13.0. The Morgan fingerprint density at radius 3 is 2.57 bits per heavy atom. The van der Waals surface area contributed by atoms with Gasteiger partial charge in [-0.15, -0.1) is 0 Å². The number of hydrazone groups is 1. The normalized spacial score (nSPS) is 10.9. The quantitative estimate of drug-likeness (QED) is 0.507. The highest BCUT2D eigenvalue weighted by atomic mass is 16.5. The number of amides is 1. The van der Waals surface area contributed by atoms with Crippen molar-refractivity contribution in [1.29, 1.82) is 0 Å². The van der Waals surface area contributed by atoms with E-state index in [1.807, 2.05) is 30.3 Å². The molecular formula is C18H18N2O3. The van der Waals surface area contributed by atoms with Gasteiger partial charge in [-0.3, -0.25) is 4.79 Å². The van der Waals surface area contributed by atoms with Gasteiger partial charge >= 0.3 is 0 Å². The summed E-state index contributed by atoms with van der Waals surface area (Å²) >= 11 is 0. The van der Waals surface area contributed by atoms with Crippen LogP contribution in [0.5, 0.6) is 11.5 Å². The van der Waals surface area contributed by atoms with Crippen LogP contribution in [0, 0.1) is 0 Å². The number of hydrogen-bond donors (Lipinski definition) is 1. The fourth-order valence-electron chi connectivity index (χ4n) is 1.86. The molecule has 0 aliphatic rings. The molecule has 5 heteroatoms. The maximum Gasteiger partial charge on any atom is 0.264 e. The summed E-state index contributed by atoms with van der Waals surface area (Å²) < 4.78 is 10.4. The smallest absolute Gasteiger partial charge is 0.264 e. The third-order valence-electron chi connectivity index (χ3n) is 3.05. The summed E-state index contributed by atoms with van der Waals surface area (Å²) in [6.07, 6.45) is 4.67. The van der Waals surface area contributed by atoms with Crippen molar-refractivity contribution in [2.45, 2.75) is 0 Å². The summed E-state index contributed by atoms with van der Waals surface area (Å²) in [6.45, 7) is 0. The van der Waals surface area contributed by atoms with Crippen LogP contribution in [0.4, 0.5) is 0 Å². The van der Waals surface area contributed by atoms with Crippen molar-refractivity contribution < 1.29 is 14.3 Å². The average Bonchev–Trinajstić information content (AvgIpc) is 2.61. The molecule has 0 atom stereocenters. The van der Waals surface area contributed by atoms with Gasteiger partial charge in [0.25, 0.3) is 5.91 Å². The van der Waals surface area contributed by atoms with Gasteiger partial charge in [0.2, 0.25) is 0 Å². The van der Waals surface area contributed by atoms with E-state index in [1.54, 1.807) is 38.5 Å². The molecule has 23 heavy (non-hydrogen) atoms. The highest BCUT2D eigenvalue weighted by Crippen LogP contribution is 2.22. The monoisotopic (exact) mass is 310 g/mol. The van der Waals surface area contributed by atoms with E-state index in [2.05, 4.69) is 10.5 Å². The molecule has 2 rings (SSSR count). The number of nitrogens with one attached hydrogen (secondary N) is 1. The van der Waals surface area contributed by atoms with Gasteiger partial charge in [-0.25, -0.2) is 5.43 Å². The molecule has 0 heterocycles. The van der Waals surface area contributed by atoms with E-state index < -0.39 is 0 Å². The molecular weight excluding hydrogens is 292 g/mol. The van der Waals surface area contributed by atoms with Gasteiger partial charge in [-0.1, -0.05) is 30.3 Å². The van der Waals surface area contributed by atoms with Crippen LogP contribution in [0.15, 0.2) is 59.7 Å². The molecule has 1 N–H and O–H groups in total. The minimum absolute atomic E-state index is 0.308. The summed E-state index contributed by atoms with van der Waals surface area (Å²) in [7, 11) is 3.15. The first kappa shape index (κ1) is 16.3. The lowest BCUT2D eigenvalue weighted by Crippen LogP contribution is -2.14. The molecule has 5 nitrogen and oxygen atoms in total. The lowest BCUT2D eigenvalue weighted by atomic mass is 10.2. The first-order valence-electron chi connectivity index (χ1n) is 7.01. The third-order valence-corrected chi connectivity index (χ3v) is 3.05. The largest absolute Gasteiger partial charge is 0.497 e. The van der Waals surface area contributed by atoms with Gasteiger partial charge in [0, 0.05) is 17.7 Å². The second kappa shape index (κ2) is 8.38. The number of hydrogen-bond acceptors (Lipinski definition) is 4. The van der Waals surface area contributed by atoms with Crippen LogP contribution >= 0.6 is 0 Å². The fourth-order valence-corrected chi connectivity index (χ4v) is 1.86. The van der Waals surface area contributed by atoms with Crippen LogP contribution in [0.3, 0.4) is 0 Å². The minimum atomic E-state index is -0.308. The van der Waals surface area contributed by atoms with E-state index in [4.69, 9.17) is 9.47 Å². The number of rotatable bonds is 6. The highest BCUT2D eigenvalue weighted by molar-refractivity contribution is 5.93. The Labute approximate surface area is 135 Å². The SMILES string of the molecule is COc1ccc(/C=N\NC(=O)/C=C\c2ccccc2)c(OC)c1. The van der Waals surface area contributed by atoms with Crippen molar-refractivity contribution in [1.82, 2.24) is 5.43 Å². The van der Waals surface area contributed by atoms with Gasteiger partial charge in [0.1, 0.15) is 11.5 Å². The molecule has 0 fully saturated rings. The van der Waals surface area contributed by atoms with Gasteiger partial charge in [0.05, 0.1) is 20.4 Å². The Balaban J connectivity index is 1.96. The van der Waals surface area contributed by atoms with Crippen molar-refractivity contribution in [3.63, 3.8) is 0 Å². The Morgan fingerprint density at radius 1 is 1.09 bits per heavy atom. The molecule has 0 unspecified atom stereocenters. The Bertz CT molecular complexity index is 709. The molecule has 2 aromatic carbocycles. The highest BCUT2D eigenvalue weighted by Gasteiger charge is 2.02. The molecule has 0 bridgehead atoms. The first-order valence-corrected chi connectivity index (χ1v) is 7.01. The molecule has 0 saturated heterocycles. The maximum absolute atomic E-state index is 11.7. The zero-order chi connectivity index (χ0) is 16.5. The molecule has 0 spiro atoms. The van der Waals surface area contributed by atoms with Gasteiger partial charge < -0.3 is 9.47 Å². The summed E-state index contributed by atoms with van der Waals surface area (Å²) in [5, 5.41) is 3.92. The molecule has 0 aromatic heterocycles. The van der Waals surface area contributed by atoms with Crippen molar-refractivity contribution in [3.8, 4) is 11.5 Å². The summed E-state index contributed by atoms with van der Waals surface area (Å²) in [5.74, 6) is 0.994. The summed E-state index contributed by atoms with van der Waals surface area (Å²) in [6, 6.07) is 14.9. The third kappa shape index (κ3) is 5.00. The van der Waals surface area contributed by atoms with Crippen LogP contribution in [-0.4, -0.2) is 26.3 Å². The number of ether oxygens (including phenoxy) is 2. The maximum atomic E-state index is 11.7. The van der Waals surface area contributed by atoms with Crippen molar-refractivity contribution in [2.75, 3.05) is 14.2 Å². The number of nitrogens with zero attached hydrogens (tertiary/aromatic N) is 1. The summed E-state index contributed by atoms with van der Waals surface area (Å²) in [5.41, 5.74) is 4.12. The van der Waals surface area contributed by atoms with Gasteiger partial charge in [-0.05, 0) is 23.8 Å². The van der Waals surface area contributed by atoms with Crippen molar-refractivity contribution in [2.24, 2.45) is 5.10 Å². The Morgan fingerprint density at radius 2 is 1.87 bits per heavy atom. The molecule has 2 aromatic rings. The molecule has 0 saturated carbocycles. The van der Waals surface area contributed by atoms with E-state index >= 15 is 0 Å². The van der Waals surface area contributed by atoms with Crippen molar-refractivity contribution >= 4 is 18.2 Å². The number of carbonyl (C=O) groups is 1. The van der Waals surface area contributed by atoms with Crippen molar-refractivity contribution in [3.05, 3.63) is 65.7 Å². The molecule has 1 amide bonds. The molecule has 118 valence electrons. The van der Waals surface area contributed by atoms with Crippen LogP contribution < -0.4 is 14.9 Å². The zero-order valence-electron chi connectivity index (χ0n) is 13.0. The lowest BCUT2D eigenvalue weighted by molar-refractivity contribution is -0.116. The second-order valence-electron chi connectivity index (χ2n) is 4.59. The standard InChI is InChI=1S/C18H18N2O3/c1-22-16-10-9-15(17(12-16)23-2)13-19-20-18(21)11-8-14-6-4-3-5-7-14/h3-13H,1-2H3,(H,20,21)/b11-8-,19-13-. The van der Waals surface area contributed by atoms with Gasteiger partial charge in [0.15, 0.2) is 0 Å². The van der Waals surface area contributed by atoms with E-state index in [0.29, 0.717) is 11.5 Å². The van der Waals surface area contributed by atoms with Gasteiger partial charge in [-0.2, -0.15) is 5.10 Å². The lowest BCUT2D eigenvalue weighted by Gasteiger charge is -2.06. The molecule has 0 aliphatic carbocycles. The van der Waals surface area contributed by atoms with E-state index in [0.717, 1.165) is 11.1 Å². The Kier molecular flexibility index (Phi) is 5.94. The second-order valence-corrected chi connectivity index (χ2v) is 4.59. The van der Waals surface area contributed by atoms with E-state index in [9.17, 15) is 4.79 Å². The van der Waals surface area contributed by atoms with E-state index in [-0.39, 0.29) is 5.91 Å². The van der Waals surface area contributed by atoms with Crippen LogP contribution in [0.2, 0.25) is 0 Å². The van der Waals surface area contributed by atoms with E-state index in [1.165, 1.54) is 12.3 Å². The topological polar surface area (TPSA) is 59.9 Å². The number of methoxy groups -OCH3 is 2. The predicted octanol–water partition coefficient (Wildman–Crippen LogP) is 2.87. The average molecular weight is 310 g/mol. The Hall–Kier alpha value is -3.08.